The van der Waals surface area contributed by atoms with Gasteiger partial charge in [-0.15, -0.1) is 0 Å². The van der Waals surface area contributed by atoms with Crippen LogP contribution in [-0.4, -0.2) is 40.6 Å². The molecule has 0 spiro atoms. The third kappa shape index (κ3) is 1.89. The smallest absolute Gasteiger partial charge is 0.333 e. The van der Waals surface area contributed by atoms with Gasteiger partial charge in [0, 0.05) is 17.4 Å². The fourth-order valence-electron chi connectivity index (χ4n) is 5.73. The molecular weight excluding hydrogens is 336 g/mol. The van der Waals surface area contributed by atoms with Gasteiger partial charge in [0.25, 0.3) is 0 Å². The lowest BCUT2D eigenvalue weighted by molar-refractivity contribution is -0.192. The van der Waals surface area contributed by atoms with Gasteiger partial charge < -0.3 is 19.3 Å². The van der Waals surface area contributed by atoms with Crippen LogP contribution in [0.2, 0.25) is 0 Å². The van der Waals surface area contributed by atoms with Crippen molar-refractivity contribution < 1.29 is 28.9 Å². The molecule has 2 saturated carbocycles. The highest BCUT2D eigenvalue weighted by Gasteiger charge is 2.91. The van der Waals surface area contributed by atoms with Crippen LogP contribution >= 0.6 is 0 Å². The second kappa shape index (κ2) is 5.32. The normalized spacial score (nSPS) is 52.5. The van der Waals surface area contributed by atoms with Crippen LogP contribution in [0.3, 0.4) is 0 Å². The van der Waals surface area contributed by atoms with E-state index in [0.717, 1.165) is 6.42 Å². The van der Waals surface area contributed by atoms with Crippen LogP contribution in [0.4, 0.5) is 0 Å². The van der Waals surface area contributed by atoms with Crippen molar-refractivity contribution in [1.29, 1.82) is 0 Å². The zero-order valence-corrected chi connectivity index (χ0v) is 16.1. The van der Waals surface area contributed by atoms with Crippen molar-refractivity contribution in [2.45, 2.75) is 77.5 Å². The Morgan fingerprint density at radius 2 is 2.04 bits per heavy atom. The molecular formula is C20H28O6. The van der Waals surface area contributed by atoms with E-state index in [1.54, 1.807) is 26.8 Å². The highest BCUT2D eigenvalue weighted by Crippen LogP contribution is 2.74. The molecule has 0 amide bonds. The van der Waals surface area contributed by atoms with Crippen LogP contribution in [0.15, 0.2) is 11.6 Å². The standard InChI is InChI=1S/C20H28O6/c1-6-10(2)15(22)24-17-18(5)11(3)14(21)8-7-13(18)9-19-20(17,26-19)12(4)16(23)25-19/h6,11-14,17,21H,7-9H2,1-5H3/b10-6-/t11-,12-,13+,14-,17-,18-,19-,20+/m0/s1. The van der Waals surface area contributed by atoms with Gasteiger partial charge in [-0.2, -0.15) is 0 Å². The largest absolute Gasteiger partial charge is 0.455 e. The maximum absolute atomic E-state index is 12.6. The molecule has 4 rings (SSSR count). The molecule has 0 bridgehead atoms. The van der Waals surface area contributed by atoms with Crippen LogP contribution in [0.5, 0.6) is 0 Å². The Hall–Kier alpha value is -1.40. The quantitative estimate of drug-likeness (QED) is 0.460. The van der Waals surface area contributed by atoms with E-state index in [1.165, 1.54) is 0 Å². The van der Waals surface area contributed by atoms with Crippen LogP contribution in [0.25, 0.3) is 0 Å². The van der Waals surface area contributed by atoms with Crippen LogP contribution in [-0.2, 0) is 23.8 Å². The number of hydrogen-bond donors (Lipinski definition) is 1. The summed E-state index contributed by atoms with van der Waals surface area (Å²) < 4.78 is 17.8. The van der Waals surface area contributed by atoms with Crippen LogP contribution in [0.1, 0.15) is 53.9 Å². The highest BCUT2D eigenvalue weighted by molar-refractivity contribution is 5.88. The topological polar surface area (TPSA) is 85.4 Å². The number of rotatable bonds is 2. The molecule has 0 aromatic heterocycles. The average molecular weight is 364 g/mol. The molecule has 1 N–H and O–H groups in total. The Kier molecular flexibility index (Phi) is 3.68. The summed E-state index contributed by atoms with van der Waals surface area (Å²) in [6, 6.07) is 0. The van der Waals surface area contributed by atoms with E-state index in [2.05, 4.69) is 6.92 Å². The number of ether oxygens (including phenoxy) is 3. The maximum Gasteiger partial charge on any atom is 0.333 e. The summed E-state index contributed by atoms with van der Waals surface area (Å²) in [7, 11) is 0. The Bertz CT molecular complexity index is 700. The molecule has 6 heteroatoms. The first-order valence-electron chi connectivity index (χ1n) is 9.59. The van der Waals surface area contributed by atoms with Crippen LogP contribution < -0.4 is 0 Å². The van der Waals surface area contributed by atoms with Crippen molar-refractivity contribution in [1.82, 2.24) is 0 Å². The molecule has 0 aromatic carbocycles. The van der Waals surface area contributed by atoms with Gasteiger partial charge in [0.1, 0.15) is 6.10 Å². The first kappa shape index (κ1) is 18.0. The molecule has 144 valence electrons. The van der Waals surface area contributed by atoms with E-state index in [0.29, 0.717) is 18.4 Å². The van der Waals surface area contributed by atoms with Gasteiger partial charge in [-0.1, -0.05) is 19.9 Å². The lowest BCUT2D eigenvalue weighted by Crippen LogP contribution is -2.63. The van der Waals surface area contributed by atoms with Crippen molar-refractivity contribution in [3.63, 3.8) is 0 Å². The minimum atomic E-state index is -0.968. The number of epoxide rings is 1. The first-order valence-corrected chi connectivity index (χ1v) is 9.59. The van der Waals surface area contributed by atoms with Crippen molar-refractivity contribution >= 4 is 11.9 Å². The summed E-state index contributed by atoms with van der Waals surface area (Å²) >= 11 is 0. The predicted molar refractivity (Wildman–Crippen MR) is 91.7 cm³/mol. The fraction of sp³-hybridized carbons (Fsp3) is 0.800. The number of fused-ring (bicyclic) bond motifs is 1. The number of aliphatic hydroxyl groups is 1. The minimum absolute atomic E-state index is 0.0792. The molecule has 0 aromatic rings. The number of carbonyl (C=O) groups excluding carboxylic acids is 2. The van der Waals surface area contributed by atoms with Gasteiger partial charge in [0.15, 0.2) is 5.60 Å². The molecule has 0 radical (unpaired) electrons. The Labute approximate surface area is 153 Å². The van der Waals surface area contributed by atoms with Gasteiger partial charge in [0.2, 0.25) is 5.79 Å². The molecule has 6 nitrogen and oxygen atoms in total. The highest BCUT2D eigenvalue weighted by atomic mass is 16.8. The van der Waals surface area contributed by atoms with Gasteiger partial charge in [-0.25, -0.2) is 4.79 Å². The summed E-state index contributed by atoms with van der Waals surface area (Å²) in [5, 5.41) is 10.6. The van der Waals surface area contributed by atoms with E-state index in [9.17, 15) is 14.7 Å². The molecule has 2 aliphatic heterocycles. The van der Waals surface area contributed by atoms with E-state index in [-0.39, 0.29) is 17.8 Å². The Morgan fingerprint density at radius 3 is 2.69 bits per heavy atom. The SMILES string of the molecule is C/C=C(/C)C(=O)O[C@H]1[C@]2(C)[C@H](CC[C@H](O)[C@@H]2C)C[C@@]23OC(=O)[C@H](C)[C@@]12O3. The van der Waals surface area contributed by atoms with Crippen molar-refractivity contribution in [2.75, 3.05) is 0 Å². The molecule has 2 heterocycles. The summed E-state index contributed by atoms with van der Waals surface area (Å²) in [6.07, 6.45) is 2.71. The fourth-order valence-corrected chi connectivity index (χ4v) is 5.73. The molecule has 4 fully saturated rings. The van der Waals surface area contributed by atoms with Gasteiger partial charge in [-0.05, 0) is 45.4 Å². The van der Waals surface area contributed by atoms with E-state index in [1.807, 2.05) is 6.92 Å². The predicted octanol–water partition coefficient (Wildman–Crippen LogP) is 2.34. The Morgan fingerprint density at radius 1 is 1.35 bits per heavy atom. The van der Waals surface area contributed by atoms with E-state index < -0.39 is 40.9 Å². The minimum Gasteiger partial charge on any atom is -0.455 e. The van der Waals surface area contributed by atoms with Gasteiger partial charge in [0.05, 0.1) is 12.0 Å². The number of allylic oxidation sites excluding steroid dienone is 1. The number of hydrogen-bond acceptors (Lipinski definition) is 6. The molecule has 4 aliphatic rings. The molecule has 0 unspecified atom stereocenters. The average Bonchev–Trinajstić information content (AvgIpc) is 3.21. The van der Waals surface area contributed by atoms with Crippen molar-refractivity contribution in [3.8, 4) is 0 Å². The molecule has 2 saturated heterocycles. The maximum atomic E-state index is 12.6. The zero-order valence-electron chi connectivity index (χ0n) is 16.1. The first-order chi connectivity index (χ1) is 12.1. The lowest BCUT2D eigenvalue weighted by atomic mass is 9.50. The van der Waals surface area contributed by atoms with E-state index in [4.69, 9.17) is 14.2 Å². The van der Waals surface area contributed by atoms with E-state index >= 15 is 0 Å². The van der Waals surface area contributed by atoms with Crippen molar-refractivity contribution in [2.24, 2.45) is 23.2 Å². The second-order valence-corrected chi connectivity index (χ2v) is 8.75. The summed E-state index contributed by atoms with van der Waals surface area (Å²) in [5.74, 6) is -2.10. The molecule has 8 atom stereocenters. The second-order valence-electron chi connectivity index (χ2n) is 8.75. The third-order valence-electron chi connectivity index (χ3n) is 7.85. The van der Waals surface area contributed by atoms with Gasteiger partial charge in [-0.3, -0.25) is 4.79 Å². The molecule has 26 heavy (non-hydrogen) atoms. The number of esters is 2. The summed E-state index contributed by atoms with van der Waals surface area (Å²) in [6.45, 7) is 9.37. The Balaban J connectivity index is 1.81. The van der Waals surface area contributed by atoms with Gasteiger partial charge >= 0.3 is 11.9 Å². The summed E-state index contributed by atoms with van der Waals surface area (Å²) in [4.78, 5) is 25.0. The number of aliphatic hydroxyl groups excluding tert-OH is 1. The molecule has 2 aliphatic carbocycles. The zero-order chi connectivity index (χ0) is 19.1. The lowest BCUT2D eigenvalue weighted by Gasteiger charge is -2.55. The monoisotopic (exact) mass is 364 g/mol. The third-order valence-corrected chi connectivity index (χ3v) is 7.85. The van der Waals surface area contributed by atoms with Crippen LogP contribution in [0, 0.1) is 23.2 Å². The number of carbonyl (C=O) groups is 2. The van der Waals surface area contributed by atoms with Crippen molar-refractivity contribution in [3.05, 3.63) is 11.6 Å². The summed E-state index contributed by atoms with van der Waals surface area (Å²) in [5.41, 5.74) is -0.909.